The first-order valence-electron chi connectivity index (χ1n) is 8.12. The third-order valence-electron chi connectivity index (χ3n) is 4.20. The number of nitrogens with zero attached hydrogens (tertiary/aromatic N) is 4. The van der Waals surface area contributed by atoms with Gasteiger partial charge in [-0.1, -0.05) is 6.07 Å². The Labute approximate surface area is 141 Å². The molecule has 0 aliphatic carbocycles. The Morgan fingerprint density at radius 1 is 1.42 bits per heavy atom. The van der Waals surface area contributed by atoms with Crippen LogP contribution in [0.15, 0.2) is 24.4 Å². The van der Waals surface area contributed by atoms with Crippen LogP contribution in [0.5, 0.6) is 0 Å². The van der Waals surface area contributed by atoms with Crippen molar-refractivity contribution in [1.29, 1.82) is 0 Å². The van der Waals surface area contributed by atoms with E-state index in [9.17, 15) is 4.79 Å². The quantitative estimate of drug-likeness (QED) is 0.890. The van der Waals surface area contributed by atoms with Crippen molar-refractivity contribution in [2.24, 2.45) is 5.73 Å². The Hall–Kier alpha value is -2.54. The minimum Gasteiger partial charge on any atom is -0.333 e. The van der Waals surface area contributed by atoms with E-state index in [0.29, 0.717) is 11.6 Å². The molecule has 0 saturated carbocycles. The highest BCUT2D eigenvalue weighted by atomic mass is 16.2. The summed E-state index contributed by atoms with van der Waals surface area (Å²) in [5, 5.41) is 3.24. The third kappa shape index (κ3) is 3.35. The molecule has 1 aliphatic heterocycles. The predicted octanol–water partition coefficient (Wildman–Crippen LogP) is 1.85. The molecule has 1 atom stereocenters. The van der Waals surface area contributed by atoms with Gasteiger partial charge in [-0.15, -0.1) is 0 Å². The normalized spacial score (nSPS) is 17.1. The summed E-state index contributed by atoms with van der Waals surface area (Å²) in [5.41, 5.74) is 7.41. The Bertz CT molecular complexity index is 748. The lowest BCUT2D eigenvalue weighted by Gasteiger charge is -2.24. The number of hydrogen-bond donors (Lipinski definition) is 2. The molecule has 3 N–H and O–H groups in total. The molecule has 7 heteroatoms. The average molecular weight is 326 g/mol. The standard InChI is InChI=1S/C17H22N6O/c1-11-5-3-7-19-17(11)22-15-9-13(20-12(2)21-15)14-6-4-8-23(14)16(24)10-18/h3,5,7,9,14H,4,6,8,10,18H2,1-2H3,(H,19,20,21,22)/t14-/m0/s1. The maximum atomic E-state index is 12.0. The molecule has 3 rings (SSSR count). The first-order chi connectivity index (χ1) is 11.6. The van der Waals surface area contributed by atoms with Crippen LogP contribution in [0, 0.1) is 13.8 Å². The molecule has 1 amide bonds. The Morgan fingerprint density at radius 3 is 3.00 bits per heavy atom. The van der Waals surface area contributed by atoms with Gasteiger partial charge in [-0.25, -0.2) is 15.0 Å². The second kappa shape index (κ2) is 6.92. The Balaban J connectivity index is 1.89. The number of likely N-dealkylation sites (tertiary alicyclic amines) is 1. The van der Waals surface area contributed by atoms with Gasteiger partial charge in [0.25, 0.3) is 0 Å². The molecule has 2 aromatic heterocycles. The van der Waals surface area contributed by atoms with E-state index < -0.39 is 0 Å². The van der Waals surface area contributed by atoms with Crippen LogP contribution in [-0.2, 0) is 4.79 Å². The fourth-order valence-electron chi connectivity index (χ4n) is 3.05. The second-order valence-corrected chi connectivity index (χ2v) is 5.97. The molecule has 2 aromatic rings. The van der Waals surface area contributed by atoms with E-state index in [0.717, 1.165) is 36.5 Å². The highest BCUT2D eigenvalue weighted by Crippen LogP contribution is 2.32. The van der Waals surface area contributed by atoms with Crippen molar-refractivity contribution in [3.63, 3.8) is 0 Å². The fraction of sp³-hybridized carbons (Fsp3) is 0.412. The van der Waals surface area contributed by atoms with E-state index in [4.69, 9.17) is 5.73 Å². The summed E-state index contributed by atoms with van der Waals surface area (Å²) < 4.78 is 0. The maximum absolute atomic E-state index is 12.0. The van der Waals surface area contributed by atoms with Gasteiger partial charge in [0, 0.05) is 18.8 Å². The minimum absolute atomic E-state index is 0.0266. The molecule has 0 radical (unpaired) electrons. The molecular weight excluding hydrogens is 304 g/mol. The lowest BCUT2D eigenvalue weighted by Crippen LogP contribution is -2.35. The summed E-state index contributed by atoms with van der Waals surface area (Å²) in [6, 6.07) is 5.75. The van der Waals surface area contributed by atoms with Gasteiger partial charge in [-0.05, 0) is 38.3 Å². The molecule has 24 heavy (non-hydrogen) atoms. The predicted molar refractivity (Wildman–Crippen MR) is 91.8 cm³/mol. The molecule has 3 heterocycles. The zero-order chi connectivity index (χ0) is 17.1. The number of pyridine rings is 1. The van der Waals surface area contributed by atoms with Crippen LogP contribution in [0.25, 0.3) is 0 Å². The molecule has 0 bridgehead atoms. The molecule has 0 unspecified atom stereocenters. The zero-order valence-corrected chi connectivity index (χ0v) is 14.0. The highest BCUT2D eigenvalue weighted by molar-refractivity contribution is 5.78. The first kappa shape index (κ1) is 16.3. The molecule has 0 aromatic carbocycles. The highest BCUT2D eigenvalue weighted by Gasteiger charge is 2.30. The number of nitrogens with two attached hydrogens (primary N) is 1. The van der Waals surface area contributed by atoms with Gasteiger partial charge < -0.3 is 16.0 Å². The van der Waals surface area contributed by atoms with E-state index >= 15 is 0 Å². The lowest BCUT2D eigenvalue weighted by atomic mass is 10.1. The summed E-state index contributed by atoms with van der Waals surface area (Å²) in [4.78, 5) is 27.2. The van der Waals surface area contributed by atoms with Crippen LogP contribution >= 0.6 is 0 Å². The molecular formula is C17H22N6O. The van der Waals surface area contributed by atoms with Gasteiger partial charge in [0.15, 0.2) is 0 Å². The summed E-state index contributed by atoms with van der Waals surface area (Å²) >= 11 is 0. The van der Waals surface area contributed by atoms with Crippen LogP contribution in [0.3, 0.4) is 0 Å². The number of aromatic nitrogens is 3. The van der Waals surface area contributed by atoms with E-state index in [-0.39, 0.29) is 18.5 Å². The van der Waals surface area contributed by atoms with Crippen molar-refractivity contribution >= 4 is 17.5 Å². The van der Waals surface area contributed by atoms with Gasteiger partial charge in [-0.2, -0.15) is 0 Å². The van der Waals surface area contributed by atoms with Crippen LogP contribution in [0.4, 0.5) is 11.6 Å². The summed E-state index contributed by atoms with van der Waals surface area (Å²) in [5.74, 6) is 2.08. The number of rotatable bonds is 4. The van der Waals surface area contributed by atoms with Gasteiger partial charge in [0.2, 0.25) is 5.91 Å². The van der Waals surface area contributed by atoms with Crippen LogP contribution in [0.2, 0.25) is 0 Å². The van der Waals surface area contributed by atoms with E-state index in [1.165, 1.54) is 0 Å². The number of carbonyl (C=O) groups excluding carboxylic acids is 1. The SMILES string of the molecule is Cc1nc(Nc2ncccc2C)cc([C@@H]2CCCN2C(=O)CN)n1. The number of anilines is 2. The Morgan fingerprint density at radius 2 is 2.25 bits per heavy atom. The summed E-state index contributed by atoms with van der Waals surface area (Å²) in [6.45, 7) is 4.59. The van der Waals surface area contributed by atoms with Crippen molar-refractivity contribution < 1.29 is 4.79 Å². The number of carbonyl (C=O) groups is 1. The number of hydrogen-bond acceptors (Lipinski definition) is 6. The smallest absolute Gasteiger partial charge is 0.236 e. The average Bonchev–Trinajstić information content (AvgIpc) is 3.05. The molecule has 0 spiro atoms. The Kier molecular flexibility index (Phi) is 4.71. The summed E-state index contributed by atoms with van der Waals surface area (Å²) in [6.07, 6.45) is 3.59. The monoisotopic (exact) mass is 326 g/mol. The number of amides is 1. The largest absolute Gasteiger partial charge is 0.333 e. The van der Waals surface area contributed by atoms with Crippen molar-refractivity contribution in [3.8, 4) is 0 Å². The topological polar surface area (TPSA) is 97.0 Å². The van der Waals surface area contributed by atoms with Gasteiger partial charge in [-0.3, -0.25) is 4.79 Å². The van der Waals surface area contributed by atoms with Gasteiger partial charge >= 0.3 is 0 Å². The van der Waals surface area contributed by atoms with Crippen LogP contribution < -0.4 is 11.1 Å². The van der Waals surface area contributed by atoms with Gasteiger partial charge in [0.1, 0.15) is 17.5 Å². The minimum atomic E-state index is -0.0381. The van der Waals surface area contributed by atoms with Crippen molar-refractivity contribution in [2.45, 2.75) is 32.7 Å². The molecule has 126 valence electrons. The van der Waals surface area contributed by atoms with Crippen LogP contribution in [-0.4, -0.2) is 38.8 Å². The zero-order valence-electron chi connectivity index (χ0n) is 14.0. The molecule has 1 aliphatic rings. The van der Waals surface area contributed by atoms with Gasteiger partial charge in [0.05, 0.1) is 18.3 Å². The first-order valence-corrected chi connectivity index (χ1v) is 8.12. The lowest BCUT2D eigenvalue weighted by molar-refractivity contribution is -0.130. The number of aryl methyl sites for hydroxylation is 2. The molecule has 1 fully saturated rings. The van der Waals surface area contributed by atoms with Crippen LogP contribution in [0.1, 0.15) is 36.0 Å². The fourth-order valence-corrected chi connectivity index (χ4v) is 3.05. The third-order valence-corrected chi connectivity index (χ3v) is 4.20. The number of nitrogens with one attached hydrogen (secondary N) is 1. The van der Waals surface area contributed by atoms with Crippen molar-refractivity contribution in [3.05, 3.63) is 41.5 Å². The van der Waals surface area contributed by atoms with Crippen molar-refractivity contribution in [1.82, 2.24) is 19.9 Å². The molecule has 1 saturated heterocycles. The van der Waals surface area contributed by atoms with Crippen molar-refractivity contribution in [2.75, 3.05) is 18.4 Å². The van der Waals surface area contributed by atoms with E-state index in [2.05, 4.69) is 20.3 Å². The summed E-state index contributed by atoms with van der Waals surface area (Å²) in [7, 11) is 0. The van der Waals surface area contributed by atoms with E-state index in [1.54, 1.807) is 6.20 Å². The molecule has 7 nitrogen and oxygen atoms in total. The maximum Gasteiger partial charge on any atom is 0.236 e. The second-order valence-electron chi connectivity index (χ2n) is 5.97. The van der Waals surface area contributed by atoms with E-state index in [1.807, 2.05) is 36.9 Å².